The van der Waals surface area contributed by atoms with Crippen molar-refractivity contribution < 1.29 is 19.2 Å². The summed E-state index contributed by atoms with van der Waals surface area (Å²) in [5.41, 5.74) is 0.232. The van der Waals surface area contributed by atoms with Crippen molar-refractivity contribution in [2.24, 2.45) is 0 Å². The molecule has 2 heterocycles. The lowest BCUT2D eigenvalue weighted by Crippen LogP contribution is -2.35. The highest BCUT2D eigenvalue weighted by molar-refractivity contribution is 7.13. The maximum Gasteiger partial charge on any atom is 0.305 e. The Kier molecular flexibility index (Phi) is 3.74. The largest absolute Gasteiger partial charge is 0.481 e. The summed E-state index contributed by atoms with van der Waals surface area (Å²) in [6, 6.07) is 5.54. The third kappa shape index (κ3) is 3.13. The Morgan fingerprint density at radius 2 is 2.29 bits per heavy atom. The molecule has 21 heavy (non-hydrogen) atoms. The van der Waals surface area contributed by atoms with Gasteiger partial charge in [0.15, 0.2) is 11.5 Å². The summed E-state index contributed by atoms with van der Waals surface area (Å²) in [4.78, 5) is 25.6. The minimum atomic E-state index is -0.909. The van der Waals surface area contributed by atoms with Crippen molar-refractivity contribution in [3.05, 3.63) is 29.3 Å². The highest BCUT2D eigenvalue weighted by atomic mass is 32.1. The number of carboxylic acid groups (broad SMARTS) is 1. The predicted molar refractivity (Wildman–Crippen MR) is 76.1 cm³/mol. The Hall–Kier alpha value is -2.15. The molecule has 0 unspecified atom stereocenters. The molecule has 0 bridgehead atoms. The smallest absolute Gasteiger partial charge is 0.305 e. The summed E-state index contributed by atoms with van der Waals surface area (Å²) in [6.07, 6.45) is 1.78. The van der Waals surface area contributed by atoms with Crippen LogP contribution in [0.5, 0.6) is 0 Å². The van der Waals surface area contributed by atoms with Gasteiger partial charge in [-0.15, -0.1) is 11.3 Å². The van der Waals surface area contributed by atoms with Crippen LogP contribution in [0.1, 0.15) is 29.8 Å². The van der Waals surface area contributed by atoms with Crippen molar-refractivity contribution in [2.75, 3.05) is 6.54 Å². The zero-order valence-corrected chi connectivity index (χ0v) is 12.0. The van der Waals surface area contributed by atoms with Gasteiger partial charge < -0.3 is 14.5 Å². The first-order chi connectivity index (χ1) is 10.1. The van der Waals surface area contributed by atoms with Crippen LogP contribution in [0, 0.1) is 0 Å². The number of amides is 1. The summed E-state index contributed by atoms with van der Waals surface area (Å²) < 4.78 is 5.20. The Balaban J connectivity index is 1.75. The summed E-state index contributed by atoms with van der Waals surface area (Å²) >= 11 is 1.51. The molecule has 2 aromatic rings. The first-order valence-corrected chi connectivity index (χ1v) is 7.56. The van der Waals surface area contributed by atoms with E-state index in [0.29, 0.717) is 5.76 Å². The van der Waals surface area contributed by atoms with E-state index in [-0.39, 0.29) is 30.6 Å². The highest BCUT2D eigenvalue weighted by Gasteiger charge is 2.34. The van der Waals surface area contributed by atoms with Gasteiger partial charge in [0.2, 0.25) is 0 Å². The number of aromatic nitrogens is 1. The van der Waals surface area contributed by atoms with E-state index in [2.05, 4.69) is 5.16 Å². The lowest BCUT2D eigenvalue weighted by Gasteiger charge is -2.19. The Morgan fingerprint density at radius 1 is 1.48 bits per heavy atom. The van der Waals surface area contributed by atoms with Crippen molar-refractivity contribution in [2.45, 2.75) is 25.3 Å². The van der Waals surface area contributed by atoms with Crippen LogP contribution < -0.4 is 0 Å². The van der Waals surface area contributed by atoms with E-state index in [1.54, 1.807) is 11.0 Å². The molecule has 1 saturated carbocycles. The van der Waals surface area contributed by atoms with Crippen LogP contribution in [0.25, 0.3) is 10.6 Å². The molecule has 7 heteroatoms. The minimum Gasteiger partial charge on any atom is -0.481 e. The van der Waals surface area contributed by atoms with Crippen molar-refractivity contribution in [1.29, 1.82) is 0 Å². The van der Waals surface area contributed by atoms with E-state index in [0.717, 1.165) is 17.7 Å². The molecular weight excluding hydrogens is 292 g/mol. The van der Waals surface area contributed by atoms with E-state index in [4.69, 9.17) is 9.63 Å². The fourth-order valence-corrected chi connectivity index (χ4v) is 2.78. The third-order valence-corrected chi connectivity index (χ3v) is 4.19. The molecule has 3 rings (SSSR count). The standard InChI is InChI=1S/C14H14N2O4S/c17-13(18)5-6-16(9-3-4-9)14(19)10-8-11(20-15-10)12-2-1-7-21-12/h1-2,7-9H,3-6H2,(H,17,18). The lowest BCUT2D eigenvalue weighted by molar-refractivity contribution is -0.137. The van der Waals surface area contributed by atoms with Crippen LogP contribution in [0.4, 0.5) is 0 Å². The summed E-state index contributed by atoms with van der Waals surface area (Å²) in [5.74, 6) is -0.611. The first kappa shape index (κ1) is 13.8. The average Bonchev–Trinajstić information content (AvgIpc) is 2.96. The van der Waals surface area contributed by atoms with Gasteiger partial charge in [0.05, 0.1) is 11.3 Å². The van der Waals surface area contributed by atoms with Crippen LogP contribution in [0.2, 0.25) is 0 Å². The van der Waals surface area contributed by atoms with Crippen molar-refractivity contribution >= 4 is 23.2 Å². The van der Waals surface area contributed by atoms with E-state index in [1.807, 2.05) is 17.5 Å². The van der Waals surface area contributed by atoms with Crippen molar-refractivity contribution in [1.82, 2.24) is 10.1 Å². The fourth-order valence-electron chi connectivity index (χ4n) is 2.11. The number of carbonyl (C=O) groups is 2. The van der Waals surface area contributed by atoms with Crippen LogP contribution in [0.15, 0.2) is 28.1 Å². The molecule has 0 radical (unpaired) electrons. The Labute approximate surface area is 125 Å². The molecule has 0 spiro atoms. The number of carbonyl (C=O) groups excluding carboxylic acids is 1. The Bertz CT molecular complexity index is 646. The molecule has 1 fully saturated rings. The molecule has 0 aliphatic heterocycles. The summed E-state index contributed by atoms with van der Waals surface area (Å²) in [7, 11) is 0. The van der Waals surface area contributed by atoms with Gasteiger partial charge in [0.25, 0.3) is 5.91 Å². The van der Waals surface area contributed by atoms with Gasteiger partial charge in [0, 0.05) is 18.7 Å². The number of hydrogen-bond donors (Lipinski definition) is 1. The molecule has 0 saturated heterocycles. The quantitative estimate of drug-likeness (QED) is 0.886. The maximum absolute atomic E-state index is 12.4. The second-order valence-electron chi connectivity index (χ2n) is 4.93. The van der Waals surface area contributed by atoms with Crippen molar-refractivity contribution in [3.63, 3.8) is 0 Å². The van der Waals surface area contributed by atoms with E-state index < -0.39 is 5.97 Å². The number of carboxylic acids is 1. The summed E-state index contributed by atoms with van der Waals surface area (Å²) in [5, 5.41) is 14.5. The van der Waals surface area contributed by atoms with Crippen molar-refractivity contribution in [3.8, 4) is 10.6 Å². The minimum absolute atomic E-state index is 0.0577. The predicted octanol–water partition coefficient (Wildman–Crippen LogP) is 2.48. The van der Waals surface area contributed by atoms with Gasteiger partial charge in [-0.25, -0.2) is 0 Å². The molecule has 1 aliphatic rings. The molecular formula is C14H14N2O4S. The average molecular weight is 306 g/mol. The molecule has 0 aromatic carbocycles. The first-order valence-electron chi connectivity index (χ1n) is 6.68. The zero-order chi connectivity index (χ0) is 14.8. The molecule has 2 aromatic heterocycles. The number of aliphatic carboxylic acids is 1. The van der Waals surface area contributed by atoms with Gasteiger partial charge in [-0.1, -0.05) is 11.2 Å². The SMILES string of the molecule is O=C(O)CCN(C(=O)c1cc(-c2cccs2)on1)C1CC1. The third-order valence-electron chi connectivity index (χ3n) is 3.31. The van der Waals surface area contributed by atoms with Crippen LogP contribution >= 0.6 is 11.3 Å². The Morgan fingerprint density at radius 3 is 2.90 bits per heavy atom. The van der Waals surface area contributed by atoms with Gasteiger partial charge >= 0.3 is 5.97 Å². The van der Waals surface area contributed by atoms with Crippen LogP contribution in [-0.4, -0.2) is 39.6 Å². The second-order valence-corrected chi connectivity index (χ2v) is 5.87. The van der Waals surface area contributed by atoms with Gasteiger partial charge in [-0.3, -0.25) is 9.59 Å². The van der Waals surface area contributed by atoms with E-state index >= 15 is 0 Å². The molecule has 0 atom stereocenters. The van der Waals surface area contributed by atoms with Gasteiger partial charge in [0.1, 0.15) is 0 Å². The van der Waals surface area contributed by atoms with Gasteiger partial charge in [-0.05, 0) is 24.3 Å². The van der Waals surface area contributed by atoms with Crippen LogP contribution in [-0.2, 0) is 4.79 Å². The number of thiophene rings is 1. The second kappa shape index (κ2) is 5.69. The molecule has 6 nitrogen and oxygen atoms in total. The van der Waals surface area contributed by atoms with Gasteiger partial charge in [-0.2, -0.15) is 0 Å². The molecule has 1 aliphatic carbocycles. The molecule has 110 valence electrons. The fraction of sp³-hybridized carbons (Fsp3) is 0.357. The normalized spacial score (nSPS) is 14.1. The molecule has 1 N–H and O–H groups in total. The number of hydrogen-bond acceptors (Lipinski definition) is 5. The van der Waals surface area contributed by atoms with E-state index in [9.17, 15) is 9.59 Å². The lowest BCUT2D eigenvalue weighted by atomic mass is 10.2. The van der Waals surface area contributed by atoms with Crippen LogP contribution in [0.3, 0.4) is 0 Å². The monoisotopic (exact) mass is 306 g/mol. The van der Waals surface area contributed by atoms with E-state index in [1.165, 1.54) is 11.3 Å². The topological polar surface area (TPSA) is 83.6 Å². The summed E-state index contributed by atoms with van der Waals surface area (Å²) in [6.45, 7) is 0.208. The number of nitrogens with zero attached hydrogens (tertiary/aromatic N) is 2. The molecule has 1 amide bonds. The maximum atomic E-state index is 12.4. The number of rotatable bonds is 6. The highest BCUT2D eigenvalue weighted by Crippen LogP contribution is 2.30. The zero-order valence-electron chi connectivity index (χ0n) is 11.2.